The minimum absolute atomic E-state index is 0.144. The van der Waals surface area contributed by atoms with E-state index in [1.54, 1.807) is 11.3 Å². The molecular formula is C16H18N4S. The number of hydrogen-bond acceptors (Lipinski definition) is 5. The highest BCUT2D eigenvalue weighted by Gasteiger charge is 2.14. The summed E-state index contributed by atoms with van der Waals surface area (Å²) in [6.45, 7) is 2.13. The number of anilines is 2. The summed E-state index contributed by atoms with van der Waals surface area (Å²) < 4.78 is 1.22. The molecule has 0 saturated heterocycles. The molecular weight excluding hydrogens is 280 g/mol. The Bertz CT molecular complexity index is 718. The third-order valence-corrected chi connectivity index (χ3v) is 4.48. The van der Waals surface area contributed by atoms with Gasteiger partial charge < -0.3 is 10.2 Å². The van der Waals surface area contributed by atoms with E-state index in [9.17, 15) is 0 Å². The van der Waals surface area contributed by atoms with Gasteiger partial charge in [0.1, 0.15) is 5.01 Å². The van der Waals surface area contributed by atoms with E-state index >= 15 is 0 Å². The second-order valence-electron chi connectivity index (χ2n) is 5.15. The van der Waals surface area contributed by atoms with Crippen molar-refractivity contribution in [2.24, 2.45) is 0 Å². The number of benzene rings is 1. The van der Waals surface area contributed by atoms with Crippen LogP contribution < -0.4 is 10.2 Å². The molecule has 1 unspecified atom stereocenters. The van der Waals surface area contributed by atoms with Gasteiger partial charge >= 0.3 is 0 Å². The van der Waals surface area contributed by atoms with Gasteiger partial charge in [0.2, 0.25) is 0 Å². The predicted octanol–water partition coefficient (Wildman–Crippen LogP) is 3.93. The second kappa shape index (κ2) is 5.69. The smallest absolute Gasteiger partial charge is 0.151 e. The fraction of sp³-hybridized carbons (Fsp3) is 0.250. The van der Waals surface area contributed by atoms with Crippen molar-refractivity contribution in [1.29, 1.82) is 0 Å². The van der Waals surface area contributed by atoms with Crippen molar-refractivity contribution in [3.63, 3.8) is 0 Å². The second-order valence-corrected chi connectivity index (χ2v) is 6.22. The highest BCUT2D eigenvalue weighted by atomic mass is 32.1. The number of fused-ring (bicyclic) bond motifs is 1. The first-order valence-corrected chi connectivity index (χ1v) is 7.71. The van der Waals surface area contributed by atoms with Crippen LogP contribution in [0.5, 0.6) is 0 Å². The molecule has 21 heavy (non-hydrogen) atoms. The van der Waals surface area contributed by atoms with E-state index in [4.69, 9.17) is 4.98 Å². The summed E-state index contributed by atoms with van der Waals surface area (Å²) in [7, 11) is 3.99. The summed E-state index contributed by atoms with van der Waals surface area (Å²) >= 11 is 1.73. The predicted molar refractivity (Wildman–Crippen MR) is 90.2 cm³/mol. The van der Waals surface area contributed by atoms with Crippen LogP contribution in [-0.4, -0.2) is 24.1 Å². The standard InChI is InChI=1S/C16H18N4S/c1-11(16-19-12-7-4-5-9-14(12)21-16)18-13-8-6-10-17-15(13)20(2)3/h4-11,18H,1-3H3. The molecule has 0 amide bonds. The SMILES string of the molecule is CC(Nc1cccnc1N(C)C)c1nc2ccccc2s1. The van der Waals surface area contributed by atoms with Gasteiger partial charge in [-0.3, -0.25) is 0 Å². The Morgan fingerprint density at radius 3 is 2.71 bits per heavy atom. The van der Waals surface area contributed by atoms with Crippen LogP contribution in [0.15, 0.2) is 42.6 Å². The van der Waals surface area contributed by atoms with Crippen molar-refractivity contribution in [2.75, 3.05) is 24.3 Å². The number of rotatable bonds is 4. The largest absolute Gasteiger partial charge is 0.373 e. The maximum absolute atomic E-state index is 4.71. The molecule has 0 spiro atoms. The number of nitrogens with one attached hydrogen (secondary N) is 1. The maximum Gasteiger partial charge on any atom is 0.151 e. The van der Waals surface area contributed by atoms with Crippen LogP contribution in [0.3, 0.4) is 0 Å². The minimum Gasteiger partial charge on any atom is -0.373 e. The summed E-state index contributed by atoms with van der Waals surface area (Å²) in [4.78, 5) is 11.1. The molecule has 3 rings (SSSR count). The summed E-state index contributed by atoms with van der Waals surface area (Å²) in [6, 6.07) is 12.4. The van der Waals surface area contributed by atoms with Crippen molar-refractivity contribution >= 4 is 33.1 Å². The minimum atomic E-state index is 0.144. The Labute approximate surface area is 128 Å². The Morgan fingerprint density at radius 1 is 1.14 bits per heavy atom. The van der Waals surface area contributed by atoms with Gasteiger partial charge in [-0.1, -0.05) is 12.1 Å². The molecule has 1 atom stereocenters. The maximum atomic E-state index is 4.71. The van der Waals surface area contributed by atoms with E-state index in [0.717, 1.165) is 22.0 Å². The van der Waals surface area contributed by atoms with Crippen molar-refractivity contribution < 1.29 is 0 Å². The normalized spacial score (nSPS) is 12.3. The van der Waals surface area contributed by atoms with E-state index in [1.807, 2.05) is 49.5 Å². The van der Waals surface area contributed by atoms with Crippen LogP contribution in [0, 0.1) is 0 Å². The molecule has 5 heteroatoms. The number of nitrogens with zero attached hydrogens (tertiary/aromatic N) is 3. The molecule has 0 aliphatic heterocycles. The van der Waals surface area contributed by atoms with E-state index in [1.165, 1.54) is 4.70 Å². The lowest BCUT2D eigenvalue weighted by molar-refractivity contribution is 0.870. The average Bonchev–Trinajstić information content (AvgIpc) is 2.91. The molecule has 2 aromatic heterocycles. The molecule has 0 fully saturated rings. The molecule has 0 radical (unpaired) electrons. The number of aromatic nitrogens is 2. The van der Waals surface area contributed by atoms with E-state index in [-0.39, 0.29) is 6.04 Å². The summed E-state index contributed by atoms with van der Waals surface area (Å²) in [6.07, 6.45) is 1.81. The monoisotopic (exact) mass is 298 g/mol. The molecule has 0 bridgehead atoms. The van der Waals surface area contributed by atoms with Crippen molar-refractivity contribution in [3.05, 3.63) is 47.6 Å². The molecule has 108 valence electrons. The fourth-order valence-corrected chi connectivity index (χ4v) is 3.21. The first kappa shape index (κ1) is 13.8. The van der Waals surface area contributed by atoms with Gasteiger partial charge in [-0.25, -0.2) is 9.97 Å². The molecule has 1 N–H and O–H groups in total. The van der Waals surface area contributed by atoms with Crippen LogP contribution in [0.4, 0.5) is 11.5 Å². The van der Waals surface area contributed by atoms with Gasteiger partial charge in [0.25, 0.3) is 0 Å². The third-order valence-electron chi connectivity index (χ3n) is 3.26. The van der Waals surface area contributed by atoms with Gasteiger partial charge in [0, 0.05) is 20.3 Å². The van der Waals surface area contributed by atoms with Crippen LogP contribution >= 0.6 is 11.3 Å². The number of thiazole rings is 1. The van der Waals surface area contributed by atoms with Crippen LogP contribution in [0.2, 0.25) is 0 Å². The van der Waals surface area contributed by atoms with Crippen LogP contribution in [0.1, 0.15) is 18.0 Å². The van der Waals surface area contributed by atoms with Crippen LogP contribution in [0.25, 0.3) is 10.2 Å². The Kier molecular flexibility index (Phi) is 3.75. The lowest BCUT2D eigenvalue weighted by Gasteiger charge is -2.19. The molecule has 0 saturated carbocycles. The quantitative estimate of drug-likeness (QED) is 0.792. The molecule has 3 aromatic rings. The lowest BCUT2D eigenvalue weighted by atomic mass is 10.3. The van der Waals surface area contributed by atoms with Crippen molar-refractivity contribution in [2.45, 2.75) is 13.0 Å². The molecule has 0 aliphatic carbocycles. The summed E-state index contributed by atoms with van der Waals surface area (Å²) in [5.74, 6) is 0.936. The zero-order chi connectivity index (χ0) is 14.8. The van der Waals surface area contributed by atoms with Gasteiger partial charge in [-0.05, 0) is 31.2 Å². The molecule has 0 aliphatic rings. The summed E-state index contributed by atoms with van der Waals surface area (Å²) in [5.41, 5.74) is 2.08. The molecule has 2 heterocycles. The highest BCUT2D eigenvalue weighted by Crippen LogP contribution is 2.30. The van der Waals surface area contributed by atoms with Crippen LogP contribution in [-0.2, 0) is 0 Å². The fourth-order valence-electron chi connectivity index (χ4n) is 2.24. The van der Waals surface area contributed by atoms with E-state index < -0.39 is 0 Å². The molecule has 4 nitrogen and oxygen atoms in total. The van der Waals surface area contributed by atoms with E-state index in [0.29, 0.717) is 0 Å². The Balaban J connectivity index is 1.87. The summed E-state index contributed by atoms with van der Waals surface area (Å²) in [5, 5.41) is 4.60. The number of hydrogen-bond donors (Lipinski definition) is 1. The van der Waals surface area contributed by atoms with E-state index in [2.05, 4.69) is 29.4 Å². The first-order chi connectivity index (χ1) is 10.1. The molecule has 1 aromatic carbocycles. The zero-order valence-corrected chi connectivity index (χ0v) is 13.2. The van der Waals surface area contributed by atoms with Gasteiger partial charge in [0.15, 0.2) is 5.82 Å². The lowest BCUT2D eigenvalue weighted by Crippen LogP contribution is -2.15. The van der Waals surface area contributed by atoms with Crippen molar-refractivity contribution in [3.8, 4) is 0 Å². The topological polar surface area (TPSA) is 41.1 Å². The van der Waals surface area contributed by atoms with Gasteiger partial charge in [-0.2, -0.15) is 0 Å². The Morgan fingerprint density at radius 2 is 1.95 bits per heavy atom. The third kappa shape index (κ3) is 2.83. The number of para-hydroxylation sites is 1. The van der Waals surface area contributed by atoms with Gasteiger partial charge in [0.05, 0.1) is 21.9 Å². The number of pyridine rings is 1. The zero-order valence-electron chi connectivity index (χ0n) is 12.4. The van der Waals surface area contributed by atoms with Crippen molar-refractivity contribution in [1.82, 2.24) is 9.97 Å². The highest BCUT2D eigenvalue weighted by molar-refractivity contribution is 7.18. The first-order valence-electron chi connectivity index (χ1n) is 6.89. The Hall–Kier alpha value is -2.14. The average molecular weight is 298 g/mol. The van der Waals surface area contributed by atoms with Gasteiger partial charge in [-0.15, -0.1) is 11.3 Å².